The van der Waals surface area contributed by atoms with Gasteiger partial charge in [-0.2, -0.15) is 0 Å². The van der Waals surface area contributed by atoms with E-state index in [0.29, 0.717) is 6.54 Å². The lowest BCUT2D eigenvalue weighted by molar-refractivity contribution is 1.07. The van der Waals surface area contributed by atoms with Crippen molar-refractivity contribution in [3.05, 3.63) is 54.6 Å². The molecule has 0 aliphatic rings. The molecule has 2 rings (SSSR count). The van der Waals surface area contributed by atoms with Gasteiger partial charge in [-0.1, -0.05) is 6.07 Å². The average molecular weight is 175 g/mol. The predicted molar refractivity (Wildman–Crippen MR) is 52.9 cm³/mol. The van der Waals surface area contributed by atoms with Crippen LogP contribution in [0.15, 0.2) is 49.1 Å². The smallest absolute Gasteiger partial charge is 0.0267 e. The van der Waals surface area contributed by atoms with Crippen molar-refractivity contribution in [1.29, 1.82) is 0 Å². The van der Waals surface area contributed by atoms with Crippen LogP contribution >= 0.6 is 0 Å². The minimum atomic E-state index is 0.628. The van der Waals surface area contributed by atoms with Crippen LogP contribution in [0.5, 0.6) is 0 Å². The zero-order chi connectivity index (χ0) is 9.36. The number of rotatable bonds is 1. The Morgan fingerprint density at radius 3 is 2.23 bits per heavy atom. The number of H-pyrrole nitrogens is 1. The first-order valence-corrected chi connectivity index (χ1v) is 4.10. The summed E-state index contributed by atoms with van der Waals surface area (Å²) in [6.07, 6.45) is 7.25. The van der Waals surface area contributed by atoms with Crippen LogP contribution < -0.4 is 5.73 Å². The summed E-state index contributed by atoms with van der Waals surface area (Å²) >= 11 is 0. The van der Waals surface area contributed by atoms with Crippen LogP contribution in [-0.4, -0.2) is 9.97 Å². The van der Waals surface area contributed by atoms with Gasteiger partial charge in [0.2, 0.25) is 0 Å². The van der Waals surface area contributed by atoms with Crippen LogP contribution in [0.2, 0.25) is 0 Å². The molecule has 0 aliphatic carbocycles. The minimum Gasteiger partial charge on any atom is -0.367 e. The van der Waals surface area contributed by atoms with Gasteiger partial charge in [0.05, 0.1) is 0 Å². The monoisotopic (exact) mass is 175 g/mol. The Hall–Kier alpha value is -1.61. The molecule has 0 radical (unpaired) electrons. The zero-order valence-corrected chi connectivity index (χ0v) is 7.35. The molecule has 2 heterocycles. The summed E-state index contributed by atoms with van der Waals surface area (Å²) in [6, 6.07) is 7.67. The SMILES string of the molecule is NCc1cc[nH]c1.c1ccncc1. The standard InChI is InChI=1S/C5H8N2.C5H5N/c6-3-5-1-2-7-4-5;1-2-4-6-5-3-1/h1-2,4,7H,3,6H2;1-5H. The van der Waals surface area contributed by atoms with Gasteiger partial charge in [-0.05, 0) is 23.8 Å². The highest BCUT2D eigenvalue weighted by atomic mass is 14.6. The Kier molecular flexibility index (Phi) is 4.35. The van der Waals surface area contributed by atoms with Crippen molar-refractivity contribution in [2.24, 2.45) is 5.73 Å². The first-order valence-electron chi connectivity index (χ1n) is 4.10. The second kappa shape index (κ2) is 5.97. The topological polar surface area (TPSA) is 54.7 Å². The number of nitrogens with one attached hydrogen (secondary N) is 1. The summed E-state index contributed by atoms with van der Waals surface area (Å²) in [4.78, 5) is 6.69. The largest absolute Gasteiger partial charge is 0.367 e. The van der Waals surface area contributed by atoms with E-state index in [-0.39, 0.29) is 0 Å². The van der Waals surface area contributed by atoms with Gasteiger partial charge in [0.1, 0.15) is 0 Å². The van der Waals surface area contributed by atoms with E-state index in [1.54, 1.807) is 12.4 Å². The van der Waals surface area contributed by atoms with E-state index in [9.17, 15) is 0 Å². The highest BCUT2D eigenvalue weighted by Gasteiger charge is 1.81. The fourth-order valence-electron chi connectivity index (χ4n) is 0.798. The highest BCUT2D eigenvalue weighted by Crippen LogP contribution is 1.91. The van der Waals surface area contributed by atoms with Crippen molar-refractivity contribution in [2.45, 2.75) is 6.54 Å². The van der Waals surface area contributed by atoms with Crippen molar-refractivity contribution < 1.29 is 0 Å². The van der Waals surface area contributed by atoms with Crippen LogP contribution in [0.3, 0.4) is 0 Å². The third kappa shape index (κ3) is 4.08. The average Bonchev–Trinajstić information content (AvgIpc) is 2.74. The fourth-order valence-corrected chi connectivity index (χ4v) is 0.798. The predicted octanol–water partition coefficient (Wildman–Crippen LogP) is 1.56. The summed E-state index contributed by atoms with van der Waals surface area (Å²) in [6.45, 7) is 0.628. The van der Waals surface area contributed by atoms with Gasteiger partial charge >= 0.3 is 0 Å². The van der Waals surface area contributed by atoms with E-state index in [4.69, 9.17) is 5.73 Å². The Morgan fingerprint density at radius 2 is 2.00 bits per heavy atom. The summed E-state index contributed by atoms with van der Waals surface area (Å²) in [5.74, 6) is 0. The molecule has 0 atom stereocenters. The summed E-state index contributed by atoms with van der Waals surface area (Å²) in [5.41, 5.74) is 6.43. The van der Waals surface area contributed by atoms with Crippen molar-refractivity contribution in [2.75, 3.05) is 0 Å². The van der Waals surface area contributed by atoms with Gasteiger partial charge in [-0.25, -0.2) is 0 Å². The molecule has 0 spiro atoms. The number of nitrogens with two attached hydrogens (primary N) is 1. The van der Waals surface area contributed by atoms with E-state index >= 15 is 0 Å². The number of nitrogens with zero attached hydrogens (tertiary/aromatic N) is 1. The molecule has 0 bridgehead atoms. The van der Waals surface area contributed by atoms with E-state index in [2.05, 4.69) is 9.97 Å². The number of hydrogen-bond donors (Lipinski definition) is 2. The molecular formula is C10H13N3. The third-order valence-corrected chi connectivity index (χ3v) is 1.46. The third-order valence-electron chi connectivity index (χ3n) is 1.46. The molecule has 0 fully saturated rings. The Bertz CT molecular complexity index is 262. The lowest BCUT2D eigenvalue weighted by atomic mass is 10.4. The van der Waals surface area contributed by atoms with E-state index in [1.165, 1.54) is 0 Å². The quantitative estimate of drug-likeness (QED) is 0.691. The minimum absolute atomic E-state index is 0.628. The maximum absolute atomic E-state index is 5.27. The molecular weight excluding hydrogens is 162 g/mol. The molecule has 3 heteroatoms. The van der Waals surface area contributed by atoms with Gasteiger partial charge in [0.25, 0.3) is 0 Å². The molecule has 0 aliphatic heterocycles. The van der Waals surface area contributed by atoms with Gasteiger partial charge in [0, 0.05) is 31.3 Å². The van der Waals surface area contributed by atoms with Gasteiger partial charge < -0.3 is 10.7 Å². The van der Waals surface area contributed by atoms with Gasteiger partial charge in [-0.15, -0.1) is 0 Å². The van der Waals surface area contributed by atoms with Gasteiger partial charge in [-0.3, -0.25) is 4.98 Å². The van der Waals surface area contributed by atoms with E-state index < -0.39 is 0 Å². The van der Waals surface area contributed by atoms with Gasteiger partial charge in [0.15, 0.2) is 0 Å². The maximum Gasteiger partial charge on any atom is 0.0267 e. The van der Waals surface area contributed by atoms with Crippen molar-refractivity contribution in [1.82, 2.24) is 9.97 Å². The van der Waals surface area contributed by atoms with E-state index in [1.807, 2.05) is 36.7 Å². The molecule has 2 aromatic heterocycles. The van der Waals surface area contributed by atoms with Crippen LogP contribution in [0.4, 0.5) is 0 Å². The second-order valence-corrected chi connectivity index (χ2v) is 2.45. The second-order valence-electron chi connectivity index (χ2n) is 2.45. The van der Waals surface area contributed by atoms with Crippen LogP contribution in [0.25, 0.3) is 0 Å². The highest BCUT2D eigenvalue weighted by molar-refractivity contribution is 5.06. The molecule has 2 aromatic rings. The molecule has 0 aromatic carbocycles. The van der Waals surface area contributed by atoms with Crippen molar-refractivity contribution in [3.8, 4) is 0 Å². The number of aromatic amines is 1. The van der Waals surface area contributed by atoms with Crippen LogP contribution in [-0.2, 0) is 6.54 Å². The van der Waals surface area contributed by atoms with Crippen molar-refractivity contribution >= 4 is 0 Å². The lowest BCUT2D eigenvalue weighted by Gasteiger charge is -1.79. The Balaban J connectivity index is 0.000000132. The van der Waals surface area contributed by atoms with Crippen molar-refractivity contribution in [3.63, 3.8) is 0 Å². The molecule has 0 saturated carbocycles. The number of aromatic nitrogens is 2. The fraction of sp³-hybridized carbons (Fsp3) is 0.100. The first kappa shape index (κ1) is 9.48. The molecule has 13 heavy (non-hydrogen) atoms. The Morgan fingerprint density at radius 1 is 1.23 bits per heavy atom. The summed E-state index contributed by atoms with van der Waals surface area (Å²) in [7, 11) is 0. The molecule has 3 nitrogen and oxygen atoms in total. The zero-order valence-electron chi connectivity index (χ0n) is 7.35. The number of pyridine rings is 1. The number of hydrogen-bond acceptors (Lipinski definition) is 2. The molecule has 68 valence electrons. The molecule has 0 amide bonds. The summed E-state index contributed by atoms with van der Waals surface area (Å²) in [5, 5.41) is 0. The Labute approximate surface area is 77.6 Å². The normalized spacial score (nSPS) is 8.69. The molecule has 3 N–H and O–H groups in total. The molecule has 0 unspecified atom stereocenters. The van der Waals surface area contributed by atoms with E-state index in [0.717, 1.165) is 5.56 Å². The lowest BCUT2D eigenvalue weighted by Crippen LogP contribution is -1.92. The summed E-state index contributed by atoms with van der Waals surface area (Å²) < 4.78 is 0. The maximum atomic E-state index is 5.27. The van der Waals surface area contributed by atoms with Crippen LogP contribution in [0.1, 0.15) is 5.56 Å². The molecule has 0 saturated heterocycles. The first-order chi connectivity index (χ1) is 6.43. The van der Waals surface area contributed by atoms with Crippen LogP contribution in [0, 0.1) is 0 Å².